The molecule has 67 heavy (non-hydrogen) atoms. The van der Waals surface area contributed by atoms with Crippen molar-refractivity contribution in [2.45, 2.75) is 101 Å². The molecule has 0 amide bonds. The Morgan fingerprint density at radius 2 is 1.40 bits per heavy atom. The molecule has 2 aromatic carbocycles. The van der Waals surface area contributed by atoms with E-state index in [1.807, 2.05) is 0 Å². The van der Waals surface area contributed by atoms with Gasteiger partial charge in [0.1, 0.15) is 40.5 Å². The van der Waals surface area contributed by atoms with E-state index in [0.29, 0.717) is 92.4 Å². The number of isothiocyanates is 1. The van der Waals surface area contributed by atoms with Gasteiger partial charge in [-0.05, 0) is 82.3 Å². The number of nitrogens with zero attached hydrogens (tertiary/aromatic N) is 8. The van der Waals surface area contributed by atoms with E-state index in [9.17, 15) is 46.7 Å². The number of aliphatic hydroxyl groups is 2. The molecule has 4 fully saturated rings. The van der Waals surface area contributed by atoms with Crippen molar-refractivity contribution in [3.8, 4) is 0 Å². The van der Waals surface area contributed by atoms with E-state index in [0.717, 1.165) is 57.8 Å². The second-order valence-electron chi connectivity index (χ2n) is 16.5. The zero-order valence-corrected chi connectivity index (χ0v) is 36.6. The van der Waals surface area contributed by atoms with Crippen molar-refractivity contribution in [2.24, 2.45) is 10.9 Å². The molecule has 2 saturated carbocycles. The van der Waals surface area contributed by atoms with Gasteiger partial charge in [-0.2, -0.15) is 9.98 Å². The molecule has 2 aliphatic heterocycles. The summed E-state index contributed by atoms with van der Waals surface area (Å²) >= 11 is 4.14. The summed E-state index contributed by atoms with van der Waals surface area (Å²) in [4.78, 5) is 35.7. The van der Waals surface area contributed by atoms with Crippen LogP contribution in [-0.4, -0.2) is 101 Å². The summed E-state index contributed by atoms with van der Waals surface area (Å²) in [5.74, 6) is -4.36. The number of ether oxygens (including phenoxy) is 2. The molecular formula is C43H47F6N11O6S. The monoisotopic (exact) mass is 959 g/mol. The van der Waals surface area contributed by atoms with Crippen molar-refractivity contribution in [1.82, 2.24) is 29.5 Å². The van der Waals surface area contributed by atoms with E-state index in [-0.39, 0.29) is 47.8 Å². The molecule has 358 valence electrons. The number of hydrogen-bond acceptors (Lipinski definition) is 16. The largest absolute Gasteiger partial charge is 0.393 e. The van der Waals surface area contributed by atoms with Crippen LogP contribution in [0.15, 0.2) is 41.7 Å². The highest BCUT2D eigenvalue weighted by Crippen LogP contribution is 2.33. The molecule has 0 radical (unpaired) electrons. The lowest BCUT2D eigenvalue weighted by Crippen LogP contribution is -2.29. The number of halogens is 6. The number of benzene rings is 2. The Bertz CT molecular complexity index is 2520. The Kier molecular flexibility index (Phi) is 16.6. The van der Waals surface area contributed by atoms with Crippen molar-refractivity contribution in [1.29, 1.82) is 0 Å². The van der Waals surface area contributed by atoms with Crippen LogP contribution in [0.1, 0.15) is 76.1 Å². The average molecular weight is 960 g/mol. The predicted octanol–water partition coefficient (Wildman–Crippen LogP) is 8.18. The Morgan fingerprint density at radius 3 is 2.00 bits per heavy atom. The number of fused-ring (bicyclic) bond motifs is 1. The van der Waals surface area contributed by atoms with Crippen molar-refractivity contribution >= 4 is 63.3 Å². The molecule has 2 aliphatic carbocycles. The lowest BCUT2D eigenvalue weighted by atomic mass is 9.85. The van der Waals surface area contributed by atoms with E-state index >= 15 is 0 Å². The molecule has 24 heteroatoms. The van der Waals surface area contributed by atoms with Gasteiger partial charge < -0.3 is 35.6 Å². The standard InChI is InChI=1S/C21H23F3N6O2.C15H22N4O4.C7H2F3NS/c22-11-7-15(23)18(16(24)8-11)28-21-27-17-9-25-20(26-12-1-3-14(31)4-2-12)29-19(17)30(21)13-5-6-32-10-13;20-12-3-1-10(2-4-12)7-14-16-8-13(19(21)22)15(18-14)17-11-5-6-23-9-11;8-4-1-5(9)7(11-3-12)6(10)2-4/h7-9,12-14,31H,1-6,10H2,(H,27,28)(H,25,26,29);8,10-12,20H,1-7,9H2,(H,16,17,18);1-2H/t12?,13-,14?;10?,11-,12?;/m10./s1. The molecular weight excluding hydrogens is 913 g/mol. The maximum atomic E-state index is 14.3. The Labute approximate surface area is 384 Å². The van der Waals surface area contributed by atoms with E-state index in [1.54, 1.807) is 15.9 Å². The van der Waals surface area contributed by atoms with Crippen LogP contribution in [0.4, 0.5) is 61.1 Å². The topological polar surface area (TPSA) is 220 Å². The summed E-state index contributed by atoms with van der Waals surface area (Å²) in [5, 5.41) is 41.3. The zero-order valence-electron chi connectivity index (χ0n) is 35.8. The first kappa shape index (κ1) is 49.0. The van der Waals surface area contributed by atoms with Gasteiger partial charge >= 0.3 is 5.69 Å². The second-order valence-corrected chi connectivity index (χ2v) is 16.7. The Morgan fingerprint density at radius 1 is 0.776 bits per heavy atom. The fraction of sp³-hybridized carbons (Fsp3) is 0.488. The SMILES string of the molecule is Fc1cc(F)c(N=C=S)c(F)c1.O=[N+]([O-])c1cnc(CC2CCC(O)CC2)nc1N[C@H]1CCOC1.OC1CCC(Nc2ncc3nc(Nc4c(F)cc(F)cc4F)n([C@@H]4CCOC4)c3n2)CC1. The molecule has 5 N–H and O–H groups in total. The third-order valence-corrected chi connectivity index (χ3v) is 11.8. The van der Waals surface area contributed by atoms with Crippen LogP contribution in [0.25, 0.3) is 11.2 Å². The maximum absolute atomic E-state index is 14.3. The lowest BCUT2D eigenvalue weighted by Gasteiger charge is -2.26. The van der Waals surface area contributed by atoms with Crippen molar-refractivity contribution in [2.75, 3.05) is 42.4 Å². The van der Waals surface area contributed by atoms with Crippen LogP contribution in [-0.2, 0) is 15.9 Å². The van der Waals surface area contributed by atoms with E-state index in [4.69, 9.17) is 9.47 Å². The molecule has 5 aromatic rings. The van der Waals surface area contributed by atoms with Crippen LogP contribution in [0, 0.1) is 50.9 Å². The van der Waals surface area contributed by atoms with Crippen LogP contribution in [0.5, 0.6) is 0 Å². The molecule has 5 heterocycles. The van der Waals surface area contributed by atoms with Gasteiger partial charge in [0.15, 0.2) is 28.9 Å². The first-order valence-electron chi connectivity index (χ1n) is 21.7. The van der Waals surface area contributed by atoms with Gasteiger partial charge in [0.05, 0.1) is 53.8 Å². The molecule has 0 bridgehead atoms. The highest BCUT2D eigenvalue weighted by molar-refractivity contribution is 7.78. The second kappa shape index (κ2) is 22.7. The van der Waals surface area contributed by atoms with Crippen molar-refractivity contribution in [3.63, 3.8) is 0 Å². The summed E-state index contributed by atoms with van der Waals surface area (Å²) in [6.07, 6.45) is 11.2. The molecule has 2 saturated heterocycles. The molecule has 0 spiro atoms. The fourth-order valence-corrected chi connectivity index (χ4v) is 8.27. The van der Waals surface area contributed by atoms with Crippen LogP contribution in [0.2, 0.25) is 0 Å². The number of anilines is 4. The van der Waals surface area contributed by atoms with E-state index in [2.05, 4.69) is 58.1 Å². The van der Waals surface area contributed by atoms with Gasteiger partial charge in [-0.1, -0.05) is 0 Å². The van der Waals surface area contributed by atoms with Crippen molar-refractivity contribution < 1.29 is 51.0 Å². The number of imidazole rings is 1. The third kappa shape index (κ3) is 13.0. The van der Waals surface area contributed by atoms with Crippen LogP contribution in [0.3, 0.4) is 0 Å². The highest BCUT2D eigenvalue weighted by atomic mass is 32.1. The van der Waals surface area contributed by atoms with Crippen LogP contribution >= 0.6 is 12.2 Å². The summed E-state index contributed by atoms with van der Waals surface area (Å²) in [7, 11) is 0. The van der Waals surface area contributed by atoms with E-state index in [1.165, 1.54) is 6.20 Å². The van der Waals surface area contributed by atoms with Gasteiger partial charge in [0.2, 0.25) is 17.7 Å². The average Bonchev–Trinajstić information content (AvgIpc) is 4.08. The normalized spacial score (nSPS) is 22.4. The van der Waals surface area contributed by atoms with Gasteiger partial charge in [-0.3, -0.25) is 14.7 Å². The number of nitro groups is 1. The lowest BCUT2D eigenvalue weighted by molar-refractivity contribution is -0.384. The minimum absolute atomic E-state index is 0.0567. The van der Waals surface area contributed by atoms with Gasteiger partial charge in [-0.25, -0.2) is 46.3 Å². The predicted molar refractivity (Wildman–Crippen MR) is 235 cm³/mol. The van der Waals surface area contributed by atoms with Crippen LogP contribution < -0.4 is 16.0 Å². The number of rotatable bonds is 11. The van der Waals surface area contributed by atoms with Gasteiger partial charge in [-0.15, -0.1) is 0 Å². The summed E-state index contributed by atoms with van der Waals surface area (Å²) in [6, 6.07) is 2.34. The minimum atomic E-state index is -1.09. The number of aromatic nitrogens is 6. The molecule has 0 unspecified atom stereocenters. The Hall–Kier alpha value is -5.91. The third-order valence-electron chi connectivity index (χ3n) is 11.7. The summed E-state index contributed by atoms with van der Waals surface area (Å²) < 4.78 is 91.9. The fourth-order valence-electron chi connectivity index (χ4n) is 8.18. The first-order chi connectivity index (χ1) is 32.2. The first-order valence-corrected chi connectivity index (χ1v) is 22.1. The Balaban J connectivity index is 0.000000166. The number of aliphatic imine (C=N–C) groups is 1. The summed E-state index contributed by atoms with van der Waals surface area (Å²) in [6.45, 7) is 2.15. The minimum Gasteiger partial charge on any atom is -0.393 e. The highest BCUT2D eigenvalue weighted by Gasteiger charge is 2.28. The van der Waals surface area contributed by atoms with Crippen molar-refractivity contribution in [3.05, 3.63) is 87.5 Å². The maximum Gasteiger partial charge on any atom is 0.329 e. The molecule has 2 atom stereocenters. The molecule has 3 aromatic heterocycles. The number of nitrogens with one attached hydrogen (secondary N) is 3. The molecule has 9 rings (SSSR count). The zero-order chi connectivity index (χ0) is 47.6. The quantitative estimate of drug-likeness (QED) is 0.0277. The summed E-state index contributed by atoms with van der Waals surface area (Å²) in [5.41, 5.74) is -0.258. The van der Waals surface area contributed by atoms with Gasteiger partial charge in [0.25, 0.3) is 0 Å². The smallest absolute Gasteiger partial charge is 0.329 e. The van der Waals surface area contributed by atoms with E-state index < -0.39 is 51.2 Å². The van der Waals surface area contributed by atoms with Gasteiger partial charge in [0, 0.05) is 49.9 Å². The number of thiocarbonyl (C=S) groups is 1. The molecule has 17 nitrogen and oxygen atoms in total. The number of aliphatic hydroxyl groups excluding tert-OH is 2. The number of hydrogen-bond donors (Lipinski definition) is 5. The molecule has 4 aliphatic rings.